The van der Waals surface area contributed by atoms with E-state index < -0.39 is 16.1 Å². The van der Waals surface area contributed by atoms with E-state index in [-0.39, 0.29) is 11.0 Å². The number of halogens is 1. The second kappa shape index (κ2) is 5.68. The Morgan fingerprint density at radius 1 is 1.44 bits per heavy atom. The zero-order chi connectivity index (χ0) is 13.9. The first-order valence-corrected chi connectivity index (χ1v) is 7.34. The quantitative estimate of drug-likeness (QED) is 0.882. The Kier molecular flexibility index (Phi) is 4.71. The van der Waals surface area contributed by atoms with Crippen molar-refractivity contribution in [3.63, 3.8) is 0 Å². The minimum atomic E-state index is -3.76. The molecule has 0 aromatic heterocycles. The van der Waals surface area contributed by atoms with Crippen LogP contribution in [0.5, 0.6) is 0 Å². The maximum atomic E-state index is 11.4. The molecule has 0 unspecified atom stereocenters. The van der Waals surface area contributed by atoms with Gasteiger partial charge in [0.05, 0.1) is 16.7 Å². The van der Waals surface area contributed by atoms with Gasteiger partial charge in [0.15, 0.2) is 0 Å². The van der Waals surface area contributed by atoms with Crippen molar-refractivity contribution in [2.45, 2.75) is 24.8 Å². The summed E-state index contributed by atoms with van der Waals surface area (Å²) in [4.78, 5) is 11.3. The fourth-order valence-electron chi connectivity index (χ4n) is 1.13. The van der Waals surface area contributed by atoms with Crippen LogP contribution in [0, 0.1) is 0 Å². The van der Waals surface area contributed by atoms with Crippen LogP contribution in [0.15, 0.2) is 27.6 Å². The molecular formula is C10H13BrN2O4S. The number of ether oxygens (including phenoxy) is 1. The number of hydrogen-bond donors (Lipinski definition) is 2. The maximum Gasteiger partial charge on any atom is 0.411 e. The summed E-state index contributed by atoms with van der Waals surface area (Å²) in [5.74, 6) is 0. The number of sulfonamides is 1. The van der Waals surface area contributed by atoms with Gasteiger partial charge in [-0.05, 0) is 48.0 Å². The van der Waals surface area contributed by atoms with Crippen LogP contribution in [0.1, 0.15) is 13.8 Å². The van der Waals surface area contributed by atoms with Crippen molar-refractivity contribution >= 4 is 37.7 Å². The van der Waals surface area contributed by atoms with Gasteiger partial charge in [-0.15, -0.1) is 0 Å². The highest BCUT2D eigenvalue weighted by molar-refractivity contribution is 9.10. The van der Waals surface area contributed by atoms with Crippen LogP contribution in [0.4, 0.5) is 10.5 Å². The lowest BCUT2D eigenvalue weighted by atomic mass is 10.3. The van der Waals surface area contributed by atoms with Crippen molar-refractivity contribution in [3.05, 3.63) is 22.7 Å². The Balaban J connectivity index is 2.90. The lowest BCUT2D eigenvalue weighted by Gasteiger charge is -2.11. The molecule has 0 aliphatic carbocycles. The second-order valence-corrected chi connectivity index (χ2v) is 6.18. The lowest BCUT2D eigenvalue weighted by molar-refractivity contribution is 0.130. The topological polar surface area (TPSA) is 98.5 Å². The smallest absolute Gasteiger partial charge is 0.411 e. The molecule has 18 heavy (non-hydrogen) atoms. The summed E-state index contributed by atoms with van der Waals surface area (Å²) in [6, 6.07) is 4.02. The number of nitrogens with two attached hydrogens (primary N) is 1. The molecule has 0 bridgehead atoms. The molecule has 3 N–H and O–H groups in total. The number of hydrogen-bond acceptors (Lipinski definition) is 4. The first kappa shape index (κ1) is 14.9. The van der Waals surface area contributed by atoms with Crippen LogP contribution < -0.4 is 10.5 Å². The van der Waals surface area contributed by atoms with Gasteiger partial charge < -0.3 is 4.74 Å². The van der Waals surface area contributed by atoms with Crippen molar-refractivity contribution < 1.29 is 17.9 Å². The van der Waals surface area contributed by atoms with E-state index in [0.29, 0.717) is 10.2 Å². The van der Waals surface area contributed by atoms with E-state index in [0.717, 1.165) is 0 Å². The minimum absolute atomic E-state index is 0.0443. The molecule has 1 amide bonds. The van der Waals surface area contributed by atoms with Crippen LogP contribution >= 0.6 is 15.9 Å². The van der Waals surface area contributed by atoms with Crippen molar-refractivity contribution in [3.8, 4) is 0 Å². The van der Waals surface area contributed by atoms with E-state index in [1.807, 2.05) is 0 Å². The van der Waals surface area contributed by atoms with Gasteiger partial charge in [0.1, 0.15) is 0 Å². The van der Waals surface area contributed by atoms with Crippen LogP contribution in [0.2, 0.25) is 0 Å². The van der Waals surface area contributed by atoms with Gasteiger partial charge in [-0.3, -0.25) is 5.32 Å². The van der Waals surface area contributed by atoms with E-state index in [4.69, 9.17) is 9.88 Å². The van der Waals surface area contributed by atoms with Gasteiger partial charge in [0.2, 0.25) is 10.0 Å². The zero-order valence-electron chi connectivity index (χ0n) is 9.81. The highest BCUT2D eigenvalue weighted by Gasteiger charge is 2.12. The van der Waals surface area contributed by atoms with E-state index in [1.165, 1.54) is 18.2 Å². The largest absolute Gasteiger partial charge is 0.447 e. The summed E-state index contributed by atoms with van der Waals surface area (Å²) in [5.41, 5.74) is 0.396. The minimum Gasteiger partial charge on any atom is -0.447 e. The highest BCUT2D eigenvalue weighted by Crippen LogP contribution is 2.25. The third-order valence-corrected chi connectivity index (χ3v) is 3.42. The van der Waals surface area contributed by atoms with Crippen LogP contribution in [0.25, 0.3) is 0 Å². The molecule has 0 aliphatic heterocycles. The molecule has 0 aliphatic rings. The number of amides is 1. The third-order valence-electron chi connectivity index (χ3n) is 1.85. The van der Waals surface area contributed by atoms with Gasteiger partial charge >= 0.3 is 6.09 Å². The molecule has 6 nitrogen and oxygen atoms in total. The van der Waals surface area contributed by atoms with E-state index >= 15 is 0 Å². The number of carbonyl (C=O) groups excluding carboxylic acids is 1. The number of anilines is 1. The van der Waals surface area contributed by atoms with Gasteiger partial charge in [-0.25, -0.2) is 18.4 Å². The van der Waals surface area contributed by atoms with Crippen LogP contribution in [-0.4, -0.2) is 20.6 Å². The molecule has 0 heterocycles. The number of carbonyl (C=O) groups is 1. The normalized spacial score (nSPS) is 11.4. The predicted octanol–water partition coefficient (Wildman–Crippen LogP) is 2.05. The molecule has 1 aromatic carbocycles. The van der Waals surface area contributed by atoms with E-state index in [1.54, 1.807) is 13.8 Å². The molecule has 0 saturated heterocycles. The monoisotopic (exact) mass is 336 g/mol. The van der Waals surface area contributed by atoms with Crippen molar-refractivity contribution in [2.24, 2.45) is 5.14 Å². The highest BCUT2D eigenvalue weighted by atomic mass is 79.9. The summed E-state index contributed by atoms with van der Waals surface area (Å²) in [7, 11) is -3.76. The van der Waals surface area contributed by atoms with E-state index in [2.05, 4.69) is 21.2 Å². The fourth-order valence-corrected chi connectivity index (χ4v) is 2.30. The number of primary sulfonamides is 1. The van der Waals surface area contributed by atoms with Gasteiger partial charge in [-0.1, -0.05) is 0 Å². The third kappa shape index (κ3) is 4.28. The summed E-state index contributed by atoms with van der Waals surface area (Å²) < 4.78 is 27.5. The van der Waals surface area contributed by atoms with Crippen molar-refractivity contribution in [1.82, 2.24) is 0 Å². The summed E-state index contributed by atoms with van der Waals surface area (Å²) >= 11 is 3.14. The van der Waals surface area contributed by atoms with E-state index in [9.17, 15) is 13.2 Å². The van der Waals surface area contributed by atoms with Crippen LogP contribution in [-0.2, 0) is 14.8 Å². The SMILES string of the molecule is CC(C)OC(=O)Nc1ccc(S(N)(=O)=O)cc1Br. The Hall–Kier alpha value is -1.12. The first-order valence-electron chi connectivity index (χ1n) is 5.00. The lowest BCUT2D eigenvalue weighted by Crippen LogP contribution is -2.18. The molecule has 100 valence electrons. The Labute approximate surface area is 114 Å². The van der Waals surface area contributed by atoms with Gasteiger partial charge in [0.25, 0.3) is 0 Å². The Bertz CT molecular complexity index is 557. The number of rotatable bonds is 3. The maximum absolute atomic E-state index is 11.4. The Morgan fingerprint density at radius 3 is 2.50 bits per heavy atom. The molecule has 0 fully saturated rings. The molecule has 0 spiro atoms. The van der Waals surface area contributed by atoms with Gasteiger partial charge in [-0.2, -0.15) is 0 Å². The van der Waals surface area contributed by atoms with Crippen molar-refractivity contribution in [2.75, 3.05) is 5.32 Å². The number of benzene rings is 1. The summed E-state index contributed by atoms with van der Waals surface area (Å²) in [6.45, 7) is 3.44. The van der Waals surface area contributed by atoms with Gasteiger partial charge in [0, 0.05) is 4.47 Å². The Morgan fingerprint density at radius 2 is 2.06 bits per heavy atom. The molecule has 0 saturated carbocycles. The molecular weight excluding hydrogens is 324 g/mol. The molecule has 0 atom stereocenters. The average Bonchev–Trinajstić information content (AvgIpc) is 2.18. The molecule has 8 heteroatoms. The van der Waals surface area contributed by atoms with Crippen molar-refractivity contribution in [1.29, 1.82) is 0 Å². The first-order chi connectivity index (χ1) is 8.20. The average molecular weight is 337 g/mol. The summed E-state index contributed by atoms with van der Waals surface area (Å²) in [6.07, 6.45) is -0.860. The summed E-state index contributed by atoms with van der Waals surface area (Å²) in [5, 5.41) is 7.46. The second-order valence-electron chi connectivity index (χ2n) is 3.77. The number of nitrogens with one attached hydrogen (secondary N) is 1. The zero-order valence-corrected chi connectivity index (χ0v) is 12.2. The fraction of sp³-hybridized carbons (Fsp3) is 0.300. The molecule has 1 aromatic rings. The standard InChI is InChI=1S/C10H13BrN2O4S/c1-6(2)17-10(14)13-9-4-3-7(5-8(9)11)18(12,15)16/h3-6H,1-2H3,(H,13,14)(H2,12,15,16). The predicted molar refractivity (Wildman–Crippen MR) is 70.8 cm³/mol. The molecule has 1 rings (SSSR count). The molecule has 0 radical (unpaired) electrons. The van der Waals surface area contributed by atoms with Crippen LogP contribution in [0.3, 0.4) is 0 Å².